The van der Waals surface area contributed by atoms with E-state index in [2.05, 4.69) is 16.0 Å². The van der Waals surface area contributed by atoms with E-state index < -0.39 is 53.8 Å². The number of carboxylic acid groups (broad SMARTS) is 1. The molecule has 2 aromatic rings. The molecule has 1 heterocycles. The molecule has 4 amide bonds. The number of benzene rings is 2. The van der Waals surface area contributed by atoms with Gasteiger partial charge in [0, 0.05) is 25.1 Å². The number of hydrogen-bond acceptors (Lipinski definition) is 7. The molecule has 0 aromatic heterocycles. The maximum absolute atomic E-state index is 13.5. The molecular weight excluding hydrogens is 572 g/mol. The van der Waals surface area contributed by atoms with Crippen molar-refractivity contribution in [2.45, 2.75) is 75.9 Å². The predicted molar refractivity (Wildman–Crippen MR) is 162 cm³/mol. The maximum atomic E-state index is 13.5. The lowest BCUT2D eigenvalue weighted by atomic mass is 10.1. The summed E-state index contributed by atoms with van der Waals surface area (Å²) in [4.78, 5) is 76.6. The molecule has 1 saturated heterocycles. The van der Waals surface area contributed by atoms with Gasteiger partial charge in [0.1, 0.15) is 24.2 Å². The molecule has 1 aliphatic rings. The fraction of sp³-hybridized carbons (Fsp3) is 0.419. The number of rotatable bonds is 14. The van der Waals surface area contributed by atoms with Crippen molar-refractivity contribution in [3.05, 3.63) is 71.8 Å². The third-order valence-corrected chi connectivity index (χ3v) is 8.06. The number of carbonyl (C=O) groups is 6. The number of nitrogens with one attached hydrogen (secondary N) is 3. The first kappa shape index (κ1) is 33.3. The zero-order valence-corrected chi connectivity index (χ0v) is 25.1. The zero-order valence-electron chi connectivity index (χ0n) is 24.3. The van der Waals surface area contributed by atoms with E-state index in [9.17, 15) is 28.8 Å². The Labute approximate surface area is 255 Å². The molecule has 0 unspecified atom stereocenters. The third kappa shape index (κ3) is 10.5. The molecular formula is C31H38N4O7S. The molecule has 0 radical (unpaired) electrons. The lowest BCUT2D eigenvalue weighted by Gasteiger charge is -2.29. The Morgan fingerprint density at radius 2 is 1.49 bits per heavy atom. The van der Waals surface area contributed by atoms with Gasteiger partial charge in [0.05, 0.1) is 6.42 Å². The first-order valence-corrected chi connectivity index (χ1v) is 15.2. The van der Waals surface area contributed by atoms with Gasteiger partial charge in [-0.3, -0.25) is 28.8 Å². The molecule has 3 rings (SSSR count). The van der Waals surface area contributed by atoms with Crippen molar-refractivity contribution < 1.29 is 33.9 Å². The number of likely N-dealkylation sites (tertiary alicyclic amines) is 1. The average molecular weight is 611 g/mol. The Kier molecular flexibility index (Phi) is 12.7. The molecule has 1 fully saturated rings. The standard InChI is InChI=1S/C31H38N4O7S/c1-20(32-26(36)15-16-27(37)38)28(39)33-21(2)30(41)35-17-9-14-25(35)29(40)34-24(18-22-10-5-3-6-11-22)31(42)43-19-23-12-7-4-8-13-23/h3-8,10-13,20-21,24-25H,9,14-19H2,1-2H3,(H,32,36)(H,33,39)(H,34,40)(H,37,38)/t20-,21+,24-,25+/m0/s1. The minimum absolute atomic E-state index is 0.183. The van der Waals surface area contributed by atoms with Gasteiger partial charge in [-0.25, -0.2) is 0 Å². The van der Waals surface area contributed by atoms with Crippen molar-refractivity contribution >= 4 is 46.5 Å². The molecule has 4 N–H and O–H groups in total. The normalized spacial score (nSPS) is 16.4. The number of thioether (sulfide) groups is 1. The molecule has 0 saturated carbocycles. The topological polar surface area (TPSA) is 162 Å². The van der Waals surface area contributed by atoms with Gasteiger partial charge >= 0.3 is 5.97 Å². The monoisotopic (exact) mass is 610 g/mol. The third-order valence-electron chi connectivity index (χ3n) is 7.01. The van der Waals surface area contributed by atoms with Crippen molar-refractivity contribution in [3.8, 4) is 0 Å². The van der Waals surface area contributed by atoms with E-state index in [1.807, 2.05) is 60.7 Å². The minimum Gasteiger partial charge on any atom is -0.481 e. The summed E-state index contributed by atoms with van der Waals surface area (Å²) in [6.45, 7) is 3.24. The summed E-state index contributed by atoms with van der Waals surface area (Å²) in [6.07, 6.45) is 0.663. The highest BCUT2D eigenvalue weighted by molar-refractivity contribution is 8.13. The SMILES string of the molecule is C[C@H](NC(=O)CCC(=O)O)C(=O)N[C@H](C)C(=O)N1CCC[C@@H]1C(=O)N[C@@H](Cc1ccccc1)C(=O)SCc1ccccc1. The van der Waals surface area contributed by atoms with Crippen LogP contribution in [-0.2, 0) is 40.9 Å². The van der Waals surface area contributed by atoms with Crippen molar-refractivity contribution in [1.82, 2.24) is 20.9 Å². The number of carbonyl (C=O) groups excluding carboxylic acids is 5. The molecule has 0 bridgehead atoms. The van der Waals surface area contributed by atoms with Crippen LogP contribution in [0.3, 0.4) is 0 Å². The average Bonchev–Trinajstić information content (AvgIpc) is 3.49. The molecule has 0 spiro atoms. The maximum Gasteiger partial charge on any atom is 0.303 e. The van der Waals surface area contributed by atoms with Gasteiger partial charge in [-0.2, -0.15) is 0 Å². The number of hydrogen-bond donors (Lipinski definition) is 4. The van der Waals surface area contributed by atoms with Crippen molar-refractivity contribution in [2.24, 2.45) is 0 Å². The highest BCUT2D eigenvalue weighted by Gasteiger charge is 2.38. The van der Waals surface area contributed by atoms with E-state index in [1.165, 1.54) is 18.7 Å². The van der Waals surface area contributed by atoms with Gasteiger partial charge in [0.2, 0.25) is 28.7 Å². The fourth-order valence-electron chi connectivity index (χ4n) is 4.69. The van der Waals surface area contributed by atoms with E-state index in [0.29, 0.717) is 31.6 Å². The van der Waals surface area contributed by atoms with Crippen LogP contribution in [0.1, 0.15) is 50.7 Å². The fourth-order valence-corrected chi connectivity index (χ4v) is 5.54. The highest BCUT2D eigenvalue weighted by Crippen LogP contribution is 2.21. The lowest BCUT2D eigenvalue weighted by molar-refractivity contribution is -0.141. The van der Waals surface area contributed by atoms with Crippen LogP contribution in [0.2, 0.25) is 0 Å². The summed E-state index contributed by atoms with van der Waals surface area (Å²) in [5, 5.41) is 16.4. The summed E-state index contributed by atoms with van der Waals surface area (Å²) >= 11 is 1.13. The second kappa shape index (κ2) is 16.4. The van der Waals surface area contributed by atoms with Crippen LogP contribution in [0.15, 0.2) is 60.7 Å². The first-order valence-electron chi connectivity index (χ1n) is 14.2. The number of amides is 4. The largest absolute Gasteiger partial charge is 0.481 e. The predicted octanol–water partition coefficient (Wildman–Crippen LogP) is 2.04. The van der Waals surface area contributed by atoms with E-state index in [1.54, 1.807) is 0 Å². The molecule has 4 atom stereocenters. The molecule has 2 aromatic carbocycles. The van der Waals surface area contributed by atoms with Crippen molar-refractivity contribution in [1.29, 1.82) is 0 Å². The van der Waals surface area contributed by atoms with Crippen LogP contribution in [0.5, 0.6) is 0 Å². The van der Waals surface area contributed by atoms with Crippen LogP contribution in [-0.4, -0.2) is 75.4 Å². The molecule has 0 aliphatic carbocycles. The van der Waals surface area contributed by atoms with Crippen LogP contribution >= 0.6 is 11.8 Å². The lowest BCUT2D eigenvalue weighted by Crippen LogP contribution is -2.56. The van der Waals surface area contributed by atoms with E-state index >= 15 is 0 Å². The summed E-state index contributed by atoms with van der Waals surface area (Å²) in [5.74, 6) is -2.77. The molecule has 1 aliphatic heterocycles. The van der Waals surface area contributed by atoms with E-state index in [4.69, 9.17) is 5.11 Å². The molecule has 11 nitrogen and oxygen atoms in total. The van der Waals surface area contributed by atoms with Gasteiger partial charge in [-0.1, -0.05) is 72.4 Å². The Hall–Kier alpha value is -4.19. The van der Waals surface area contributed by atoms with Crippen molar-refractivity contribution in [2.75, 3.05) is 6.54 Å². The molecule has 230 valence electrons. The second-order valence-corrected chi connectivity index (χ2v) is 11.4. The van der Waals surface area contributed by atoms with Crippen LogP contribution in [0.25, 0.3) is 0 Å². The van der Waals surface area contributed by atoms with Gasteiger partial charge in [-0.15, -0.1) is 0 Å². The Bertz CT molecular complexity index is 1290. The van der Waals surface area contributed by atoms with E-state index in [0.717, 1.165) is 22.9 Å². The molecule has 12 heteroatoms. The smallest absolute Gasteiger partial charge is 0.303 e. The van der Waals surface area contributed by atoms with Gasteiger partial charge in [0.15, 0.2) is 0 Å². The minimum atomic E-state index is -1.13. The summed E-state index contributed by atoms with van der Waals surface area (Å²) in [5.41, 5.74) is 1.88. The summed E-state index contributed by atoms with van der Waals surface area (Å²) in [7, 11) is 0. The summed E-state index contributed by atoms with van der Waals surface area (Å²) in [6, 6.07) is 15.4. The van der Waals surface area contributed by atoms with Crippen LogP contribution in [0, 0.1) is 0 Å². The quantitative estimate of drug-likeness (QED) is 0.253. The van der Waals surface area contributed by atoms with Gasteiger partial charge in [-0.05, 0) is 37.8 Å². The second-order valence-electron chi connectivity index (χ2n) is 10.4. The van der Waals surface area contributed by atoms with Crippen LogP contribution in [0.4, 0.5) is 0 Å². The van der Waals surface area contributed by atoms with E-state index in [-0.39, 0.29) is 18.0 Å². The summed E-state index contributed by atoms with van der Waals surface area (Å²) < 4.78 is 0. The number of carboxylic acids is 1. The van der Waals surface area contributed by atoms with Crippen LogP contribution < -0.4 is 16.0 Å². The van der Waals surface area contributed by atoms with Gasteiger partial charge in [0.25, 0.3) is 0 Å². The number of aliphatic carboxylic acids is 1. The van der Waals surface area contributed by atoms with Crippen molar-refractivity contribution in [3.63, 3.8) is 0 Å². The Morgan fingerprint density at radius 3 is 2.12 bits per heavy atom. The Morgan fingerprint density at radius 1 is 0.860 bits per heavy atom. The highest BCUT2D eigenvalue weighted by atomic mass is 32.2. The Balaban J connectivity index is 1.61. The van der Waals surface area contributed by atoms with Gasteiger partial charge < -0.3 is 26.0 Å². The molecule has 43 heavy (non-hydrogen) atoms. The first-order chi connectivity index (χ1) is 20.5. The number of nitrogens with zero attached hydrogens (tertiary/aromatic N) is 1. The zero-order chi connectivity index (χ0) is 31.4.